The van der Waals surface area contributed by atoms with Gasteiger partial charge in [0.15, 0.2) is 0 Å². The van der Waals surface area contributed by atoms with Gasteiger partial charge in [0.2, 0.25) is 5.91 Å². The predicted molar refractivity (Wildman–Crippen MR) is 84.7 cm³/mol. The van der Waals surface area contributed by atoms with Crippen molar-refractivity contribution in [3.8, 4) is 10.6 Å². The summed E-state index contributed by atoms with van der Waals surface area (Å²) in [5, 5.41) is 8.99. The monoisotopic (exact) mass is 299 g/mol. The first-order valence-corrected chi connectivity index (χ1v) is 7.91. The second kappa shape index (κ2) is 6.54. The molecule has 5 heteroatoms. The van der Waals surface area contributed by atoms with Crippen LogP contribution in [0.15, 0.2) is 47.6 Å². The van der Waals surface area contributed by atoms with Gasteiger partial charge in [0.25, 0.3) is 0 Å². The fraction of sp³-hybridized carbons (Fsp3) is 0.250. The number of nitrogens with one attached hydrogen (secondary N) is 2. The Kier molecular flexibility index (Phi) is 4.31. The highest BCUT2D eigenvalue weighted by Crippen LogP contribution is 2.23. The molecule has 21 heavy (non-hydrogen) atoms. The van der Waals surface area contributed by atoms with Crippen molar-refractivity contribution in [2.24, 2.45) is 0 Å². The van der Waals surface area contributed by atoms with Crippen molar-refractivity contribution in [3.05, 3.63) is 53.3 Å². The third-order valence-corrected chi connectivity index (χ3v) is 4.20. The third kappa shape index (κ3) is 3.70. The minimum atomic E-state index is -0.00476. The molecule has 0 fully saturated rings. The summed E-state index contributed by atoms with van der Waals surface area (Å²) in [7, 11) is 0. The van der Waals surface area contributed by atoms with Crippen LogP contribution in [-0.4, -0.2) is 17.4 Å². The Morgan fingerprint density at radius 2 is 2.19 bits per heavy atom. The van der Waals surface area contributed by atoms with E-state index in [2.05, 4.69) is 15.6 Å². The molecule has 0 unspecified atom stereocenters. The van der Waals surface area contributed by atoms with Gasteiger partial charge in [-0.25, -0.2) is 4.98 Å². The lowest BCUT2D eigenvalue weighted by Crippen LogP contribution is -2.28. The molecule has 0 saturated carbocycles. The van der Waals surface area contributed by atoms with E-state index < -0.39 is 0 Å². The summed E-state index contributed by atoms with van der Waals surface area (Å²) in [6, 6.07) is 10.0. The highest BCUT2D eigenvalue weighted by Gasteiger charge is 2.11. The molecule has 0 bridgehead atoms. The van der Waals surface area contributed by atoms with E-state index in [1.165, 1.54) is 0 Å². The lowest BCUT2D eigenvalue weighted by atomic mass is 10.2. The van der Waals surface area contributed by atoms with Crippen molar-refractivity contribution in [2.45, 2.75) is 19.3 Å². The molecule has 1 aromatic heterocycles. The summed E-state index contributed by atoms with van der Waals surface area (Å²) in [5.74, 6) is -0.00476. The van der Waals surface area contributed by atoms with E-state index >= 15 is 0 Å². The largest absolute Gasteiger partial charge is 0.389 e. The molecule has 1 aliphatic rings. The Bertz CT molecular complexity index is 649. The number of allylic oxidation sites excluding steroid dienone is 1. The number of amides is 1. The minimum Gasteiger partial charge on any atom is -0.389 e. The maximum Gasteiger partial charge on any atom is 0.230 e. The zero-order valence-electron chi connectivity index (χ0n) is 11.6. The zero-order chi connectivity index (χ0) is 14.5. The van der Waals surface area contributed by atoms with Crippen molar-refractivity contribution in [3.63, 3.8) is 0 Å². The number of thiazole rings is 1. The van der Waals surface area contributed by atoms with Crippen LogP contribution < -0.4 is 10.6 Å². The molecule has 3 rings (SSSR count). The van der Waals surface area contributed by atoms with E-state index in [-0.39, 0.29) is 5.91 Å². The van der Waals surface area contributed by atoms with Crippen LogP contribution in [0.5, 0.6) is 0 Å². The SMILES string of the molecule is O=C(Cc1csc(-c2ccccc2)n1)NC1=CNCCC1. The average molecular weight is 299 g/mol. The number of nitrogens with zero attached hydrogens (tertiary/aromatic N) is 1. The molecule has 0 spiro atoms. The number of aromatic nitrogens is 1. The molecule has 0 aliphatic carbocycles. The van der Waals surface area contributed by atoms with Crippen LogP contribution in [0, 0.1) is 0 Å². The molecule has 2 heterocycles. The van der Waals surface area contributed by atoms with Gasteiger partial charge in [-0.1, -0.05) is 30.3 Å². The minimum absolute atomic E-state index is 0.00476. The summed E-state index contributed by atoms with van der Waals surface area (Å²) in [5.41, 5.74) is 2.87. The Hall–Kier alpha value is -2.14. The molecule has 2 N–H and O–H groups in total. The Morgan fingerprint density at radius 1 is 1.33 bits per heavy atom. The molecule has 1 amide bonds. The first-order valence-electron chi connectivity index (χ1n) is 7.03. The zero-order valence-corrected chi connectivity index (χ0v) is 12.5. The van der Waals surface area contributed by atoms with Gasteiger partial charge in [-0.2, -0.15) is 0 Å². The number of benzene rings is 1. The molecule has 1 aliphatic heterocycles. The summed E-state index contributed by atoms with van der Waals surface area (Å²) >= 11 is 1.57. The van der Waals surface area contributed by atoms with Gasteiger partial charge in [0, 0.05) is 29.4 Å². The smallest absolute Gasteiger partial charge is 0.230 e. The number of carbonyl (C=O) groups is 1. The van der Waals surface area contributed by atoms with E-state index in [4.69, 9.17) is 0 Å². The lowest BCUT2D eigenvalue weighted by Gasteiger charge is -2.14. The topological polar surface area (TPSA) is 54.0 Å². The molecule has 0 saturated heterocycles. The average Bonchev–Trinajstić information content (AvgIpc) is 2.97. The van der Waals surface area contributed by atoms with E-state index in [0.717, 1.165) is 41.3 Å². The summed E-state index contributed by atoms with van der Waals surface area (Å²) in [6.07, 6.45) is 4.19. The van der Waals surface area contributed by atoms with Crippen LogP contribution in [0.3, 0.4) is 0 Å². The van der Waals surface area contributed by atoms with Gasteiger partial charge in [-0.05, 0) is 12.8 Å². The van der Waals surface area contributed by atoms with Crippen LogP contribution in [0.4, 0.5) is 0 Å². The van der Waals surface area contributed by atoms with E-state index in [9.17, 15) is 4.79 Å². The van der Waals surface area contributed by atoms with Gasteiger partial charge in [0.05, 0.1) is 12.1 Å². The van der Waals surface area contributed by atoms with Crippen LogP contribution in [-0.2, 0) is 11.2 Å². The standard InChI is InChI=1S/C16H17N3OS/c20-15(18-13-7-4-8-17-10-13)9-14-11-21-16(19-14)12-5-2-1-3-6-12/h1-3,5-6,10-11,17H,4,7-9H2,(H,18,20). The fourth-order valence-corrected chi connectivity index (χ4v) is 3.06. The Morgan fingerprint density at radius 3 is 2.95 bits per heavy atom. The van der Waals surface area contributed by atoms with Crippen LogP contribution >= 0.6 is 11.3 Å². The number of hydrogen-bond acceptors (Lipinski definition) is 4. The quantitative estimate of drug-likeness (QED) is 0.912. The van der Waals surface area contributed by atoms with Gasteiger partial charge in [-0.3, -0.25) is 4.79 Å². The van der Waals surface area contributed by atoms with E-state index in [1.807, 2.05) is 41.9 Å². The van der Waals surface area contributed by atoms with Crippen molar-refractivity contribution >= 4 is 17.2 Å². The second-order valence-electron chi connectivity index (χ2n) is 4.96. The molecule has 0 radical (unpaired) electrons. The molecule has 108 valence electrons. The molecule has 4 nitrogen and oxygen atoms in total. The number of carbonyl (C=O) groups excluding carboxylic acids is 1. The maximum absolute atomic E-state index is 12.0. The van der Waals surface area contributed by atoms with E-state index in [0.29, 0.717) is 6.42 Å². The van der Waals surface area contributed by atoms with Gasteiger partial charge in [-0.15, -0.1) is 11.3 Å². The summed E-state index contributed by atoms with van der Waals surface area (Å²) in [6.45, 7) is 0.978. The molecule has 2 aromatic rings. The molecular formula is C16H17N3OS. The van der Waals surface area contributed by atoms with Gasteiger partial charge < -0.3 is 10.6 Å². The molecular weight excluding hydrogens is 282 g/mol. The third-order valence-electron chi connectivity index (χ3n) is 3.26. The van der Waals surface area contributed by atoms with Crippen molar-refractivity contribution < 1.29 is 4.79 Å². The first kappa shape index (κ1) is 13.8. The second-order valence-corrected chi connectivity index (χ2v) is 5.82. The normalized spacial score (nSPS) is 14.2. The van der Waals surface area contributed by atoms with Crippen molar-refractivity contribution in [1.29, 1.82) is 0 Å². The summed E-state index contributed by atoms with van der Waals surface area (Å²) < 4.78 is 0. The Balaban J connectivity index is 1.62. The van der Waals surface area contributed by atoms with E-state index in [1.54, 1.807) is 11.3 Å². The van der Waals surface area contributed by atoms with Crippen LogP contribution in [0.25, 0.3) is 10.6 Å². The number of rotatable bonds is 4. The van der Waals surface area contributed by atoms with Crippen LogP contribution in [0.2, 0.25) is 0 Å². The lowest BCUT2D eigenvalue weighted by molar-refractivity contribution is -0.119. The summed E-state index contributed by atoms with van der Waals surface area (Å²) in [4.78, 5) is 16.5. The predicted octanol–water partition coefficient (Wildman–Crippen LogP) is 2.69. The maximum atomic E-state index is 12.0. The highest BCUT2D eigenvalue weighted by atomic mass is 32.1. The molecule has 1 aromatic carbocycles. The van der Waals surface area contributed by atoms with Crippen LogP contribution in [0.1, 0.15) is 18.5 Å². The van der Waals surface area contributed by atoms with Crippen molar-refractivity contribution in [2.75, 3.05) is 6.54 Å². The Labute approximate surface area is 127 Å². The van der Waals surface area contributed by atoms with Gasteiger partial charge in [0.1, 0.15) is 5.01 Å². The first-order chi connectivity index (χ1) is 10.3. The van der Waals surface area contributed by atoms with Gasteiger partial charge >= 0.3 is 0 Å². The highest BCUT2D eigenvalue weighted by molar-refractivity contribution is 7.13. The fourth-order valence-electron chi connectivity index (χ4n) is 2.24. The van der Waals surface area contributed by atoms with Crippen molar-refractivity contribution in [1.82, 2.24) is 15.6 Å². The molecule has 0 atom stereocenters. The number of hydrogen-bond donors (Lipinski definition) is 2.